The average Bonchev–Trinajstić information content (AvgIpc) is 3.27. The lowest BCUT2D eigenvalue weighted by Crippen LogP contribution is -2.32. The van der Waals surface area contributed by atoms with Gasteiger partial charge in [0.05, 0.1) is 12.2 Å². The normalized spacial score (nSPS) is 16.6. The fourth-order valence-electron chi connectivity index (χ4n) is 4.24. The molecule has 178 valence electrons. The van der Waals surface area contributed by atoms with Crippen LogP contribution in [0.3, 0.4) is 0 Å². The van der Waals surface area contributed by atoms with Crippen LogP contribution < -0.4 is 5.32 Å². The summed E-state index contributed by atoms with van der Waals surface area (Å²) in [4.78, 5) is 52.3. The van der Waals surface area contributed by atoms with Crippen LogP contribution in [0.15, 0.2) is 30.8 Å². The number of benzene rings is 1. The van der Waals surface area contributed by atoms with Gasteiger partial charge >= 0.3 is 11.9 Å². The molecule has 34 heavy (non-hydrogen) atoms. The highest BCUT2D eigenvalue weighted by atomic mass is 32.1. The number of carbonyl (C=O) groups excluding carboxylic acids is 4. The molecule has 9 heteroatoms. The molecule has 2 heterocycles. The lowest BCUT2D eigenvalue weighted by Gasteiger charge is -2.18. The molecule has 1 aliphatic carbocycles. The van der Waals surface area contributed by atoms with E-state index in [2.05, 4.69) is 18.8 Å². The van der Waals surface area contributed by atoms with Gasteiger partial charge in [0.25, 0.3) is 11.8 Å². The largest absolute Gasteiger partial charge is 0.462 e. The van der Waals surface area contributed by atoms with Crippen molar-refractivity contribution in [1.29, 1.82) is 0 Å². The smallest absolute Gasteiger partial charge is 0.341 e. The number of hydrogen-bond donors (Lipinski definition) is 1. The van der Waals surface area contributed by atoms with E-state index in [-0.39, 0.29) is 19.1 Å². The molecule has 1 aliphatic heterocycles. The van der Waals surface area contributed by atoms with Crippen molar-refractivity contribution in [2.45, 2.75) is 33.1 Å². The molecule has 1 N–H and O–H groups in total. The maximum absolute atomic E-state index is 12.6. The standard InChI is InChI=1S/C25H26N2O6S/c1-4-32-25(31)22-18-10-9-14(2)11-19(18)34-23(22)26-20(28)13-33-21(29)12-27-15(3)16-7-5-6-8-17(16)24(27)30/h5-8,14H,3-4,9-13H2,1-2H3,(H,26,28). The van der Waals surface area contributed by atoms with Crippen LogP contribution in [0.25, 0.3) is 5.70 Å². The topological polar surface area (TPSA) is 102 Å². The summed E-state index contributed by atoms with van der Waals surface area (Å²) in [5.41, 5.74) is 2.88. The van der Waals surface area contributed by atoms with Crippen molar-refractivity contribution < 1.29 is 28.7 Å². The highest BCUT2D eigenvalue weighted by molar-refractivity contribution is 7.17. The number of anilines is 1. The van der Waals surface area contributed by atoms with Gasteiger partial charge in [0.1, 0.15) is 11.5 Å². The third kappa shape index (κ3) is 4.61. The molecule has 0 bridgehead atoms. The highest BCUT2D eigenvalue weighted by Gasteiger charge is 2.33. The van der Waals surface area contributed by atoms with Crippen LogP contribution in [0.4, 0.5) is 5.00 Å². The second-order valence-electron chi connectivity index (χ2n) is 8.37. The third-order valence-corrected chi connectivity index (χ3v) is 7.10. The molecule has 2 aromatic rings. The summed E-state index contributed by atoms with van der Waals surface area (Å²) in [7, 11) is 0. The number of amides is 2. The molecule has 0 radical (unpaired) electrons. The third-order valence-electron chi connectivity index (χ3n) is 5.93. The summed E-state index contributed by atoms with van der Waals surface area (Å²) in [5.74, 6) is -1.60. The minimum atomic E-state index is -0.734. The molecule has 1 atom stereocenters. The van der Waals surface area contributed by atoms with Gasteiger partial charge in [-0.15, -0.1) is 11.3 Å². The molecule has 0 fully saturated rings. The molecule has 2 amide bonds. The molecule has 0 saturated heterocycles. The lowest BCUT2D eigenvalue weighted by atomic mass is 9.88. The Labute approximate surface area is 201 Å². The van der Waals surface area contributed by atoms with Gasteiger partial charge in [-0.3, -0.25) is 19.3 Å². The van der Waals surface area contributed by atoms with Crippen LogP contribution in [-0.4, -0.2) is 48.4 Å². The zero-order valence-corrected chi connectivity index (χ0v) is 20.0. The first-order valence-corrected chi connectivity index (χ1v) is 12.0. The van der Waals surface area contributed by atoms with Crippen LogP contribution >= 0.6 is 11.3 Å². The molecule has 0 saturated carbocycles. The first-order valence-electron chi connectivity index (χ1n) is 11.2. The Kier molecular flexibility index (Phi) is 6.83. The van der Waals surface area contributed by atoms with Crippen LogP contribution in [0.1, 0.15) is 57.0 Å². The van der Waals surface area contributed by atoms with Gasteiger partial charge in [0.2, 0.25) is 0 Å². The summed E-state index contributed by atoms with van der Waals surface area (Å²) < 4.78 is 10.3. The van der Waals surface area contributed by atoms with E-state index in [0.29, 0.717) is 33.3 Å². The Balaban J connectivity index is 1.38. The van der Waals surface area contributed by atoms with Gasteiger partial charge in [-0.1, -0.05) is 31.7 Å². The Morgan fingerprint density at radius 1 is 1.21 bits per heavy atom. The first kappa shape index (κ1) is 23.7. The maximum Gasteiger partial charge on any atom is 0.341 e. The number of esters is 2. The Morgan fingerprint density at radius 2 is 1.94 bits per heavy atom. The number of thiophene rings is 1. The van der Waals surface area contributed by atoms with Crippen molar-refractivity contribution in [2.75, 3.05) is 25.1 Å². The maximum atomic E-state index is 12.6. The summed E-state index contributed by atoms with van der Waals surface area (Å²) >= 11 is 1.36. The van der Waals surface area contributed by atoms with Gasteiger partial charge in [-0.05, 0) is 43.7 Å². The van der Waals surface area contributed by atoms with Crippen LogP contribution in [0, 0.1) is 5.92 Å². The fraction of sp³-hybridized carbons (Fsp3) is 0.360. The van der Waals surface area contributed by atoms with E-state index in [1.165, 1.54) is 16.2 Å². The van der Waals surface area contributed by atoms with E-state index in [4.69, 9.17) is 9.47 Å². The molecule has 8 nitrogen and oxygen atoms in total. The molecule has 1 aromatic heterocycles. The van der Waals surface area contributed by atoms with Gasteiger partial charge in [0.15, 0.2) is 6.61 Å². The van der Waals surface area contributed by atoms with Crippen molar-refractivity contribution in [3.05, 3.63) is 58.0 Å². The van der Waals surface area contributed by atoms with E-state index in [1.54, 1.807) is 31.2 Å². The number of hydrogen-bond acceptors (Lipinski definition) is 7. The zero-order chi connectivity index (χ0) is 24.4. The van der Waals surface area contributed by atoms with Gasteiger partial charge in [0, 0.05) is 21.7 Å². The lowest BCUT2D eigenvalue weighted by molar-refractivity contribution is -0.147. The van der Waals surface area contributed by atoms with Crippen LogP contribution in [0.5, 0.6) is 0 Å². The van der Waals surface area contributed by atoms with E-state index >= 15 is 0 Å². The van der Waals surface area contributed by atoms with E-state index in [0.717, 1.165) is 29.7 Å². The van der Waals surface area contributed by atoms with E-state index in [9.17, 15) is 19.2 Å². The zero-order valence-electron chi connectivity index (χ0n) is 19.1. The fourth-order valence-corrected chi connectivity index (χ4v) is 5.66. The van der Waals surface area contributed by atoms with Crippen LogP contribution in [0.2, 0.25) is 0 Å². The first-order chi connectivity index (χ1) is 16.3. The summed E-state index contributed by atoms with van der Waals surface area (Å²) in [5, 5.41) is 3.12. The monoisotopic (exact) mass is 482 g/mol. The Morgan fingerprint density at radius 3 is 2.65 bits per heavy atom. The number of fused-ring (bicyclic) bond motifs is 2. The van der Waals surface area contributed by atoms with Gasteiger partial charge in [-0.2, -0.15) is 0 Å². The van der Waals surface area contributed by atoms with E-state index < -0.39 is 24.5 Å². The SMILES string of the molecule is C=C1c2ccccc2C(=O)N1CC(=O)OCC(=O)Nc1sc2c(c1C(=O)OCC)CCC(C)C2. The second kappa shape index (κ2) is 9.80. The Hall–Kier alpha value is -3.46. The highest BCUT2D eigenvalue weighted by Crippen LogP contribution is 2.40. The van der Waals surface area contributed by atoms with E-state index in [1.807, 2.05) is 0 Å². The predicted octanol–water partition coefficient (Wildman–Crippen LogP) is 3.66. The van der Waals surface area contributed by atoms with Crippen molar-refractivity contribution in [1.82, 2.24) is 4.90 Å². The predicted molar refractivity (Wildman–Crippen MR) is 128 cm³/mol. The number of ether oxygens (including phenoxy) is 2. The number of rotatable bonds is 7. The van der Waals surface area contributed by atoms with Crippen molar-refractivity contribution >= 4 is 45.8 Å². The molecule has 1 aromatic carbocycles. The van der Waals surface area contributed by atoms with Gasteiger partial charge < -0.3 is 14.8 Å². The minimum Gasteiger partial charge on any atom is -0.462 e. The van der Waals surface area contributed by atoms with Gasteiger partial charge in [-0.25, -0.2) is 4.79 Å². The molecular formula is C25H26N2O6S. The average molecular weight is 483 g/mol. The number of carbonyl (C=O) groups is 4. The Bertz CT molecular complexity index is 1150. The molecule has 0 spiro atoms. The molecule has 4 rings (SSSR count). The quantitative estimate of drug-likeness (QED) is 0.605. The molecular weight excluding hydrogens is 456 g/mol. The molecule has 1 unspecified atom stereocenters. The van der Waals surface area contributed by atoms with Crippen molar-refractivity contribution in [3.63, 3.8) is 0 Å². The van der Waals surface area contributed by atoms with Crippen molar-refractivity contribution in [2.24, 2.45) is 5.92 Å². The number of nitrogens with one attached hydrogen (secondary N) is 1. The van der Waals surface area contributed by atoms with Crippen molar-refractivity contribution in [3.8, 4) is 0 Å². The summed E-state index contributed by atoms with van der Waals surface area (Å²) in [6.07, 6.45) is 2.56. The summed E-state index contributed by atoms with van der Waals surface area (Å²) in [6.45, 7) is 7.11. The number of nitrogens with zero attached hydrogens (tertiary/aromatic N) is 1. The van der Waals surface area contributed by atoms with Crippen LogP contribution in [-0.2, 0) is 31.9 Å². The molecule has 2 aliphatic rings. The second-order valence-corrected chi connectivity index (χ2v) is 9.47. The summed E-state index contributed by atoms with van der Waals surface area (Å²) in [6, 6.07) is 6.96. The minimum absolute atomic E-state index is 0.231.